The van der Waals surface area contributed by atoms with Crippen molar-refractivity contribution in [1.82, 2.24) is 14.5 Å². The molecule has 1 atom stereocenters. The Labute approximate surface area is 130 Å². The van der Waals surface area contributed by atoms with Crippen LogP contribution in [0.3, 0.4) is 0 Å². The molecule has 2 aromatic rings. The quantitative estimate of drug-likeness (QED) is 0.815. The van der Waals surface area contributed by atoms with Crippen LogP contribution in [-0.4, -0.2) is 27.0 Å². The van der Waals surface area contributed by atoms with Gasteiger partial charge in [-0.25, -0.2) is 4.98 Å². The summed E-state index contributed by atoms with van der Waals surface area (Å²) >= 11 is 1.83. The highest BCUT2D eigenvalue weighted by Gasteiger charge is 2.35. The highest BCUT2D eigenvalue weighted by Crippen LogP contribution is 2.36. The van der Waals surface area contributed by atoms with Gasteiger partial charge in [0.1, 0.15) is 0 Å². The van der Waals surface area contributed by atoms with Crippen molar-refractivity contribution in [2.45, 2.75) is 51.4 Å². The van der Waals surface area contributed by atoms with Crippen LogP contribution in [0, 0.1) is 0 Å². The van der Waals surface area contributed by atoms with E-state index in [0.29, 0.717) is 12.6 Å². The van der Waals surface area contributed by atoms with E-state index < -0.39 is 0 Å². The summed E-state index contributed by atoms with van der Waals surface area (Å²) in [4.78, 5) is 8.35. The van der Waals surface area contributed by atoms with E-state index in [9.17, 15) is 0 Å². The SMILES string of the molecule is CCCn1cncc1C(CN)N(Cc1cccs1)C1CC1. The zero-order valence-electron chi connectivity index (χ0n) is 12.6. The topological polar surface area (TPSA) is 47.1 Å². The number of hydrogen-bond acceptors (Lipinski definition) is 4. The number of thiophene rings is 1. The molecule has 4 nitrogen and oxygen atoms in total. The first-order valence-electron chi connectivity index (χ1n) is 7.81. The zero-order chi connectivity index (χ0) is 14.7. The number of nitrogens with zero attached hydrogens (tertiary/aromatic N) is 3. The Balaban J connectivity index is 1.83. The van der Waals surface area contributed by atoms with Crippen molar-refractivity contribution in [3.63, 3.8) is 0 Å². The van der Waals surface area contributed by atoms with Crippen LogP contribution < -0.4 is 5.73 Å². The maximum Gasteiger partial charge on any atom is 0.0948 e. The van der Waals surface area contributed by atoms with Gasteiger partial charge in [0.25, 0.3) is 0 Å². The number of imidazole rings is 1. The van der Waals surface area contributed by atoms with Gasteiger partial charge in [-0.05, 0) is 30.7 Å². The fourth-order valence-corrected chi connectivity index (χ4v) is 3.66. The Morgan fingerprint density at radius 1 is 1.52 bits per heavy atom. The summed E-state index contributed by atoms with van der Waals surface area (Å²) in [6.07, 6.45) is 7.65. The number of aromatic nitrogens is 2. The molecule has 114 valence electrons. The first-order valence-corrected chi connectivity index (χ1v) is 8.69. The normalized spacial score (nSPS) is 16.5. The van der Waals surface area contributed by atoms with Crippen molar-refractivity contribution in [3.8, 4) is 0 Å². The minimum atomic E-state index is 0.272. The van der Waals surface area contributed by atoms with Crippen molar-refractivity contribution >= 4 is 11.3 Å². The first kappa shape index (κ1) is 14.8. The van der Waals surface area contributed by atoms with Gasteiger partial charge in [0.05, 0.1) is 18.1 Å². The molecule has 1 saturated carbocycles. The van der Waals surface area contributed by atoms with E-state index in [-0.39, 0.29) is 6.04 Å². The summed E-state index contributed by atoms with van der Waals surface area (Å²) in [5.41, 5.74) is 7.41. The molecule has 21 heavy (non-hydrogen) atoms. The van der Waals surface area contributed by atoms with Gasteiger partial charge in [0.15, 0.2) is 0 Å². The maximum atomic E-state index is 6.15. The lowest BCUT2D eigenvalue weighted by molar-refractivity contribution is 0.176. The highest BCUT2D eigenvalue weighted by molar-refractivity contribution is 7.09. The Morgan fingerprint density at radius 2 is 2.38 bits per heavy atom. The average molecular weight is 304 g/mol. The molecule has 0 bridgehead atoms. The van der Waals surface area contributed by atoms with Crippen molar-refractivity contribution in [1.29, 1.82) is 0 Å². The van der Waals surface area contributed by atoms with E-state index in [0.717, 1.165) is 19.5 Å². The Morgan fingerprint density at radius 3 is 3.00 bits per heavy atom. The Kier molecular flexibility index (Phi) is 4.73. The van der Waals surface area contributed by atoms with Gasteiger partial charge in [-0.15, -0.1) is 11.3 Å². The summed E-state index contributed by atoms with van der Waals surface area (Å²) in [5, 5.41) is 2.15. The second-order valence-electron chi connectivity index (χ2n) is 5.75. The molecule has 2 N–H and O–H groups in total. The molecule has 0 aromatic carbocycles. The molecule has 5 heteroatoms. The van der Waals surface area contributed by atoms with Gasteiger partial charge in [0.2, 0.25) is 0 Å². The van der Waals surface area contributed by atoms with E-state index in [1.807, 2.05) is 23.9 Å². The smallest absolute Gasteiger partial charge is 0.0948 e. The summed E-state index contributed by atoms with van der Waals surface area (Å²) in [5.74, 6) is 0. The predicted octanol–water partition coefficient (Wildman–Crippen LogP) is 3.02. The van der Waals surface area contributed by atoms with Gasteiger partial charge >= 0.3 is 0 Å². The lowest BCUT2D eigenvalue weighted by Gasteiger charge is -2.31. The van der Waals surface area contributed by atoms with Crippen LogP contribution in [0.2, 0.25) is 0 Å². The summed E-state index contributed by atoms with van der Waals surface area (Å²) in [7, 11) is 0. The molecular formula is C16H24N4S. The van der Waals surface area contributed by atoms with Gasteiger partial charge in [-0.1, -0.05) is 13.0 Å². The third kappa shape index (κ3) is 3.36. The second kappa shape index (κ2) is 6.73. The Bertz CT molecular complexity index is 544. The monoisotopic (exact) mass is 304 g/mol. The molecular weight excluding hydrogens is 280 g/mol. The molecule has 0 amide bonds. The molecule has 0 aliphatic heterocycles. The third-order valence-corrected chi connectivity index (χ3v) is 4.97. The van der Waals surface area contributed by atoms with Crippen molar-refractivity contribution in [2.75, 3.05) is 6.54 Å². The number of rotatable bonds is 8. The average Bonchev–Trinajstić information content (AvgIpc) is 3.01. The summed E-state index contributed by atoms with van der Waals surface area (Å²) in [6, 6.07) is 5.31. The lowest BCUT2D eigenvalue weighted by atomic mass is 10.1. The summed E-state index contributed by atoms with van der Waals surface area (Å²) < 4.78 is 2.27. The van der Waals surface area contributed by atoms with Gasteiger partial charge in [0, 0.05) is 36.8 Å². The van der Waals surface area contributed by atoms with E-state index >= 15 is 0 Å². The molecule has 1 fully saturated rings. The van der Waals surface area contributed by atoms with Crippen LogP contribution in [0.15, 0.2) is 30.0 Å². The second-order valence-corrected chi connectivity index (χ2v) is 6.78. The fourth-order valence-electron chi connectivity index (χ4n) is 2.94. The standard InChI is InChI=1S/C16H24N4S/c1-2-7-19-12-18-10-16(19)15(9-17)20(13-5-6-13)11-14-4-3-8-21-14/h3-4,8,10,12-13,15H,2,5-7,9,11,17H2,1H3. The summed E-state index contributed by atoms with van der Waals surface area (Å²) in [6.45, 7) is 4.87. The molecule has 0 spiro atoms. The molecule has 3 rings (SSSR count). The molecule has 0 saturated heterocycles. The van der Waals surface area contributed by atoms with E-state index in [1.165, 1.54) is 23.4 Å². The largest absolute Gasteiger partial charge is 0.333 e. The zero-order valence-corrected chi connectivity index (χ0v) is 13.4. The van der Waals surface area contributed by atoms with Gasteiger partial charge < -0.3 is 10.3 Å². The van der Waals surface area contributed by atoms with Crippen LogP contribution in [-0.2, 0) is 13.1 Å². The van der Waals surface area contributed by atoms with Crippen molar-refractivity contribution in [3.05, 3.63) is 40.6 Å². The molecule has 1 aliphatic rings. The van der Waals surface area contributed by atoms with Crippen LogP contribution in [0.25, 0.3) is 0 Å². The lowest BCUT2D eigenvalue weighted by Crippen LogP contribution is -2.36. The highest BCUT2D eigenvalue weighted by atomic mass is 32.1. The third-order valence-electron chi connectivity index (χ3n) is 4.11. The number of aryl methyl sites for hydroxylation is 1. The van der Waals surface area contributed by atoms with E-state index in [2.05, 4.69) is 38.9 Å². The fraction of sp³-hybridized carbons (Fsp3) is 0.562. The minimum absolute atomic E-state index is 0.272. The van der Waals surface area contributed by atoms with Gasteiger partial charge in [-0.3, -0.25) is 4.90 Å². The molecule has 2 aromatic heterocycles. The number of nitrogens with two attached hydrogens (primary N) is 1. The van der Waals surface area contributed by atoms with Crippen LogP contribution in [0.5, 0.6) is 0 Å². The van der Waals surface area contributed by atoms with Crippen molar-refractivity contribution < 1.29 is 0 Å². The van der Waals surface area contributed by atoms with Crippen LogP contribution in [0.4, 0.5) is 0 Å². The number of hydrogen-bond donors (Lipinski definition) is 1. The molecule has 1 aliphatic carbocycles. The molecule has 2 heterocycles. The Hall–Kier alpha value is -1.17. The van der Waals surface area contributed by atoms with E-state index in [1.54, 1.807) is 0 Å². The first-order chi connectivity index (χ1) is 10.3. The maximum absolute atomic E-state index is 6.15. The van der Waals surface area contributed by atoms with Crippen LogP contribution >= 0.6 is 11.3 Å². The molecule has 1 unspecified atom stereocenters. The van der Waals surface area contributed by atoms with Crippen molar-refractivity contribution in [2.24, 2.45) is 5.73 Å². The van der Waals surface area contributed by atoms with Crippen LogP contribution in [0.1, 0.15) is 42.8 Å². The van der Waals surface area contributed by atoms with E-state index in [4.69, 9.17) is 5.73 Å². The predicted molar refractivity (Wildman–Crippen MR) is 87.2 cm³/mol. The van der Waals surface area contributed by atoms with Gasteiger partial charge in [-0.2, -0.15) is 0 Å². The minimum Gasteiger partial charge on any atom is -0.333 e. The molecule has 0 radical (unpaired) electrons.